The number of benzene rings is 2. The van der Waals surface area contributed by atoms with E-state index in [0.717, 1.165) is 48.3 Å². The first kappa shape index (κ1) is 26.0. The van der Waals surface area contributed by atoms with Crippen molar-refractivity contribution in [2.45, 2.75) is 97.3 Å². The first-order valence-corrected chi connectivity index (χ1v) is 12.7. The Morgan fingerprint density at radius 3 is 2.12 bits per heavy atom. The molecule has 1 atom stereocenters. The summed E-state index contributed by atoms with van der Waals surface area (Å²) in [4.78, 5) is 12.2. The molecule has 0 aliphatic heterocycles. The largest absolute Gasteiger partial charge is 0.494 e. The van der Waals surface area contributed by atoms with Crippen LogP contribution in [0.3, 0.4) is 0 Å². The predicted molar refractivity (Wildman–Crippen MR) is 135 cm³/mol. The molecule has 0 saturated carbocycles. The van der Waals surface area contributed by atoms with Crippen LogP contribution in [0.15, 0.2) is 42.5 Å². The van der Waals surface area contributed by atoms with Crippen LogP contribution in [-0.2, 0) is 0 Å². The molecule has 0 amide bonds. The lowest BCUT2D eigenvalue weighted by atomic mass is 9.87. The second-order valence-electron chi connectivity index (χ2n) is 8.97. The summed E-state index contributed by atoms with van der Waals surface area (Å²) in [6, 6.07) is 13.8. The van der Waals surface area contributed by atoms with Crippen LogP contribution in [0.5, 0.6) is 5.75 Å². The summed E-state index contributed by atoms with van der Waals surface area (Å²) < 4.78 is 5.89. The Kier molecular flexibility index (Phi) is 11.9. The molecule has 0 spiro atoms. The fourth-order valence-electron chi connectivity index (χ4n) is 4.30. The highest BCUT2D eigenvalue weighted by Crippen LogP contribution is 2.33. The quantitative estimate of drug-likeness (QED) is 0.266. The van der Waals surface area contributed by atoms with Gasteiger partial charge in [-0.1, -0.05) is 109 Å². The molecule has 0 saturated heterocycles. The summed E-state index contributed by atoms with van der Waals surface area (Å²) in [6.07, 6.45) is 13.3. The zero-order valence-corrected chi connectivity index (χ0v) is 20.4. The van der Waals surface area contributed by atoms with Crippen LogP contribution in [0.2, 0.25) is 0 Å². The van der Waals surface area contributed by atoms with Crippen LogP contribution in [0.25, 0.3) is 11.1 Å². The smallest absolute Gasteiger partial charge is 0.336 e. The molecular weight excluding hydrogens is 396 g/mol. The fourth-order valence-corrected chi connectivity index (χ4v) is 4.30. The Morgan fingerprint density at radius 2 is 1.47 bits per heavy atom. The highest BCUT2D eigenvalue weighted by molar-refractivity contribution is 5.97. The summed E-state index contributed by atoms with van der Waals surface area (Å²) >= 11 is 0. The first-order chi connectivity index (χ1) is 15.6. The van der Waals surface area contributed by atoms with Gasteiger partial charge in [-0.15, -0.1) is 0 Å². The maximum atomic E-state index is 12.2. The van der Waals surface area contributed by atoms with Gasteiger partial charge in [0, 0.05) is 0 Å². The van der Waals surface area contributed by atoms with Crippen molar-refractivity contribution in [2.24, 2.45) is 0 Å². The van der Waals surface area contributed by atoms with Crippen molar-refractivity contribution in [3.63, 3.8) is 0 Å². The number of carboxylic acid groups (broad SMARTS) is 1. The molecule has 2 aromatic rings. The van der Waals surface area contributed by atoms with E-state index in [2.05, 4.69) is 20.8 Å². The molecule has 176 valence electrons. The maximum absolute atomic E-state index is 12.2. The van der Waals surface area contributed by atoms with E-state index < -0.39 is 5.97 Å². The highest BCUT2D eigenvalue weighted by atomic mass is 16.5. The van der Waals surface area contributed by atoms with Gasteiger partial charge in [-0.05, 0) is 47.6 Å². The number of carbonyl (C=O) groups is 1. The Bertz CT molecular complexity index is 795. The summed E-state index contributed by atoms with van der Waals surface area (Å²) in [6.45, 7) is 7.33. The fraction of sp³-hybridized carbons (Fsp3) is 0.552. The van der Waals surface area contributed by atoms with Crippen molar-refractivity contribution in [3.05, 3.63) is 53.6 Å². The van der Waals surface area contributed by atoms with Crippen LogP contribution in [0, 0.1) is 0 Å². The van der Waals surface area contributed by atoms with E-state index in [1.54, 1.807) is 0 Å². The highest BCUT2D eigenvalue weighted by Gasteiger charge is 2.20. The predicted octanol–water partition coefficient (Wildman–Crippen LogP) is 8.87. The zero-order valence-electron chi connectivity index (χ0n) is 20.4. The Morgan fingerprint density at radius 1 is 0.844 bits per heavy atom. The van der Waals surface area contributed by atoms with Gasteiger partial charge >= 0.3 is 5.97 Å². The average Bonchev–Trinajstić information content (AvgIpc) is 2.81. The molecule has 32 heavy (non-hydrogen) atoms. The van der Waals surface area contributed by atoms with E-state index in [1.165, 1.54) is 51.4 Å². The van der Waals surface area contributed by atoms with Crippen molar-refractivity contribution in [1.82, 2.24) is 0 Å². The Balaban J connectivity index is 2.03. The van der Waals surface area contributed by atoms with Crippen molar-refractivity contribution in [1.29, 1.82) is 0 Å². The third kappa shape index (κ3) is 8.33. The number of hydrogen-bond donors (Lipinski definition) is 1. The molecule has 1 unspecified atom stereocenters. The zero-order chi connectivity index (χ0) is 23.2. The molecule has 0 aliphatic carbocycles. The minimum Gasteiger partial charge on any atom is -0.494 e. The molecule has 0 aliphatic rings. The number of ether oxygens (including phenoxy) is 1. The van der Waals surface area contributed by atoms with Gasteiger partial charge in [0.2, 0.25) is 0 Å². The minimum atomic E-state index is -0.848. The maximum Gasteiger partial charge on any atom is 0.336 e. The standard InChI is InChI=1S/C29H42O3/c1-4-6-8-10-11-13-22-32-25-20-18-24(19-21-25)27-17-14-16-26(28(27)29(30)31)23(3)15-12-9-7-5-2/h14,16-21,23H,4-13,15,22H2,1-3H3,(H,30,31). The van der Waals surface area contributed by atoms with E-state index in [9.17, 15) is 9.90 Å². The van der Waals surface area contributed by atoms with Crippen molar-refractivity contribution < 1.29 is 14.6 Å². The van der Waals surface area contributed by atoms with E-state index in [0.29, 0.717) is 5.56 Å². The van der Waals surface area contributed by atoms with E-state index in [1.807, 2.05) is 42.5 Å². The average molecular weight is 439 g/mol. The molecule has 0 aromatic heterocycles. The third-order valence-corrected chi connectivity index (χ3v) is 6.26. The number of hydrogen-bond acceptors (Lipinski definition) is 2. The second-order valence-corrected chi connectivity index (χ2v) is 8.97. The topological polar surface area (TPSA) is 46.5 Å². The molecule has 3 nitrogen and oxygen atoms in total. The summed E-state index contributed by atoms with van der Waals surface area (Å²) in [5.74, 6) is 0.233. The van der Waals surface area contributed by atoms with Crippen LogP contribution >= 0.6 is 0 Å². The SMILES string of the molecule is CCCCCCCCOc1ccc(-c2cccc(C(C)CCCCCC)c2C(=O)O)cc1. The molecule has 2 rings (SSSR count). The Hall–Kier alpha value is -2.29. The van der Waals surface area contributed by atoms with Crippen LogP contribution in [-0.4, -0.2) is 17.7 Å². The van der Waals surface area contributed by atoms with Gasteiger partial charge in [0.05, 0.1) is 12.2 Å². The lowest BCUT2D eigenvalue weighted by Gasteiger charge is -2.18. The molecule has 0 bridgehead atoms. The van der Waals surface area contributed by atoms with Crippen LogP contribution < -0.4 is 4.74 Å². The van der Waals surface area contributed by atoms with Gasteiger partial charge in [0.15, 0.2) is 0 Å². The van der Waals surface area contributed by atoms with E-state index >= 15 is 0 Å². The van der Waals surface area contributed by atoms with Crippen LogP contribution in [0.4, 0.5) is 0 Å². The lowest BCUT2D eigenvalue weighted by Crippen LogP contribution is -2.08. The van der Waals surface area contributed by atoms with Crippen LogP contribution in [0.1, 0.15) is 113 Å². The van der Waals surface area contributed by atoms with Gasteiger partial charge in [-0.3, -0.25) is 0 Å². The van der Waals surface area contributed by atoms with Gasteiger partial charge < -0.3 is 9.84 Å². The minimum absolute atomic E-state index is 0.234. The molecule has 0 radical (unpaired) electrons. The van der Waals surface area contributed by atoms with Gasteiger partial charge in [0.25, 0.3) is 0 Å². The molecule has 0 fully saturated rings. The van der Waals surface area contributed by atoms with Crippen molar-refractivity contribution >= 4 is 5.97 Å². The molecule has 0 heterocycles. The van der Waals surface area contributed by atoms with Gasteiger partial charge in [0.1, 0.15) is 5.75 Å². The van der Waals surface area contributed by atoms with E-state index in [-0.39, 0.29) is 5.92 Å². The molecule has 3 heteroatoms. The number of aromatic carboxylic acids is 1. The summed E-state index contributed by atoms with van der Waals surface area (Å²) in [5.41, 5.74) is 3.10. The first-order valence-electron chi connectivity index (χ1n) is 12.7. The second kappa shape index (κ2) is 14.7. The van der Waals surface area contributed by atoms with Gasteiger partial charge in [-0.25, -0.2) is 4.79 Å². The van der Waals surface area contributed by atoms with Crippen molar-refractivity contribution in [2.75, 3.05) is 6.61 Å². The van der Waals surface area contributed by atoms with Gasteiger partial charge in [-0.2, -0.15) is 0 Å². The molecule has 2 aromatic carbocycles. The summed E-state index contributed by atoms with van der Waals surface area (Å²) in [7, 11) is 0. The van der Waals surface area contributed by atoms with Crippen molar-refractivity contribution in [3.8, 4) is 16.9 Å². The van der Waals surface area contributed by atoms with E-state index in [4.69, 9.17) is 4.74 Å². The molecular formula is C29H42O3. The monoisotopic (exact) mass is 438 g/mol. The third-order valence-electron chi connectivity index (χ3n) is 6.26. The molecule has 1 N–H and O–H groups in total. The summed E-state index contributed by atoms with van der Waals surface area (Å²) in [5, 5.41) is 10.0. The number of rotatable bonds is 16. The normalized spacial score (nSPS) is 12.0. The lowest BCUT2D eigenvalue weighted by molar-refractivity contribution is 0.0696. The Labute approximate surface area is 195 Å². The number of unbranched alkanes of at least 4 members (excludes halogenated alkanes) is 8. The number of carboxylic acids is 1.